The van der Waals surface area contributed by atoms with Gasteiger partial charge in [0.1, 0.15) is 0 Å². The van der Waals surface area contributed by atoms with Crippen LogP contribution >= 0.6 is 0 Å². The molecule has 0 aromatic heterocycles. The highest BCUT2D eigenvalue weighted by molar-refractivity contribution is 4.97. The molecular weight excluding hydrogens is 210 g/mol. The van der Waals surface area contributed by atoms with E-state index in [0.717, 1.165) is 13.1 Å². The van der Waals surface area contributed by atoms with E-state index in [4.69, 9.17) is 5.73 Å². The van der Waals surface area contributed by atoms with Gasteiger partial charge < -0.3 is 15.5 Å². The summed E-state index contributed by atoms with van der Waals surface area (Å²) in [6.07, 6.45) is 5.28. The van der Waals surface area contributed by atoms with E-state index in [0.29, 0.717) is 5.54 Å². The first-order valence-electron chi connectivity index (χ1n) is 6.87. The monoisotopic (exact) mass is 241 g/mol. The molecule has 0 saturated heterocycles. The summed E-state index contributed by atoms with van der Waals surface area (Å²) >= 11 is 0. The molecule has 1 saturated carbocycles. The van der Waals surface area contributed by atoms with Crippen molar-refractivity contribution in [1.29, 1.82) is 0 Å². The van der Waals surface area contributed by atoms with Gasteiger partial charge in [-0.2, -0.15) is 0 Å². The lowest BCUT2D eigenvalue weighted by Crippen LogP contribution is -2.56. The van der Waals surface area contributed by atoms with E-state index in [1.165, 1.54) is 32.2 Å². The van der Waals surface area contributed by atoms with Crippen molar-refractivity contribution in [1.82, 2.24) is 9.80 Å². The Labute approximate surface area is 107 Å². The second-order valence-electron chi connectivity index (χ2n) is 6.83. The topological polar surface area (TPSA) is 32.5 Å². The van der Waals surface area contributed by atoms with Crippen molar-refractivity contribution < 1.29 is 0 Å². The lowest BCUT2D eigenvalue weighted by atomic mass is 9.75. The van der Waals surface area contributed by atoms with E-state index in [1.54, 1.807) is 0 Å². The normalized spacial score (nSPS) is 19.8. The van der Waals surface area contributed by atoms with Crippen molar-refractivity contribution in [2.75, 3.05) is 40.8 Å². The fourth-order valence-electron chi connectivity index (χ4n) is 2.51. The molecule has 1 rings (SSSR count). The molecule has 0 unspecified atom stereocenters. The Morgan fingerprint density at radius 2 is 1.76 bits per heavy atom. The third-order valence-corrected chi connectivity index (χ3v) is 4.52. The Morgan fingerprint density at radius 1 is 1.18 bits per heavy atom. The molecule has 1 aliphatic rings. The van der Waals surface area contributed by atoms with Gasteiger partial charge in [-0.3, -0.25) is 0 Å². The molecule has 1 fully saturated rings. The van der Waals surface area contributed by atoms with Crippen molar-refractivity contribution >= 4 is 0 Å². The highest BCUT2D eigenvalue weighted by Crippen LogP contribution is 2.36. The number of hydrogen-bond acceptors (Lipinski definition) is 3. The van der Waals surface area contributed by atoms with Crippen molar-refractivity contribution in [3.8, 4) is 0 Å². The zero-order valence-corrected chi connectivity index (χ0v) is 12.4. The first kappa shape index (κ1) is 14.9. The van der Waals surface area contributed by atoms with Gasteiger partial charge in [-0.15, -0.1) is 0 Å². The second kappa shape index (κ2) is 5.68. The maximum absolute atomic E-state index is 5.78. The molecule has 102 valence electrons. The predicted octanol–water partition coefficient (Wildman–Crippen LogP) is 1.78. The van der Waals surface area contributed by atoms with Crippen LogP contribution in [0, 0.1) is 5.41 Å². The van der Waals surface area contributed by atoms with E-state index in [1.807, 2.05) is 0 Å². The summed E-state index contributed by atoms with van der Waals surface area (Å²) in [5.74, 6) is 0. The van der Waals surface area contributed by atoms with Crippen LogP contribution in [0.3, 0.4) is 0 Å². The van der Waals surface area contributed by atoms with Crippen LogP contribution < -0.4 is 5.73 Å². The Balaban J connectivity index is 2.36. The summed E-state index contributed by atoms with van der Waals surface area (Å²) < 4.78 is 0. The van der Waals surface area contributed by atoms with Crippen LogP contribution in [0.4, 0.5) is 0 Å². The van der Waals surface area contributed by atoms with Gasteiger partial charge in [0.15, 0.2) is 0 Å². The SMILES string of the molecule is CN(CCC(C)(C)CN)CC1(N(C)C)CCC1. The Morgan fingerprint density at radius 3 is 2.12 bits per heavy atom. The lowest BCUT2D eigenvalue weighted by molar-refractivity contribution is 0.0253. The molecule has 0 aromatic rings. The highest BCUT2D eigenvalue weighted by Gasteiger charge is 2.39. The molecule has 0 atom stereocenters. The number of rotatable bonds is 7. The smallest absolute Gasteiger partial charge is 0.0330 e. The maximum Gasteiger partial charge on any atom is 0.0330 e. The Kier molecular flexibility index (Phi) is 4.99. The summed E-state index contributed by atoms with van der Waals surface area (Å²) in [6.45, 7) is 7.64. The largest absolute Gasteiger partial charge is 0.330 e. The standard InChI is InChI=1S/C14H31N3/c1-13(2,11-15)9-10-17(5)12-14(16(3)4)7-6-8-14/h6-12,15H2,1-5H3. The molecular formula is C14H31N3. The second-order valence-corrected chi connectivity index (χ2v) is 6.83. The van der Waals surface area contributed by atoms with Crippen LogP contribution in [-0.4, -0.2) is 56.1 Å². The maximum atomic E-state index is 5.78. The molecule has 3 nitrogen and oxygen atoms in total. The molecule has 0 spiro atoms. The van der Waals surface area contributed by atoms with E-state index < -0.39 is 0 Å². The fourth-order valence-corrected chi connectivity index (χ4v) is 2.51. The summed E-state index contributed by atoms with van der Waals surface area (Å²) in [6, 6.07) is 0. The van der Waals surface area contributed by atoms with Crippen molar-refractivity contribution in [3.63, 3.8) is 0 Å². The van der Waals surface area contributed by atoms with Gasteiger partial charge in [0.05, 0.1) is 0 Å². The Hall–Kier alpha value is -0.120. The molecule has 0 amide bonds. The van der Waals surface area contributed by atoms with Gasteiger partial charge in [0.2, 0.25) is 0 Å². The van der Waals surface area contributed by atoms with E-state index in [2.05, 4.69) is 44.8 Å². The molecule has 2 N–H and O–H groups in total. The third-order valence-electron chi connectivity index (χ3n) is 4.52. The minimum Gasteiger partial charge on any atom is -0.330 e. The van der Waals surface area contributed by atoms with Crippen LogP contribution in [-0.2, 0) is 0 Å². The van der Waals surface area contributed by atoms with Crippen molar-refractivity contribution in [2.24, 2.45) is 11.1 Å². The number of likely N-dealkylation sites (N-methyl/N-ethyl adjacent to an activating group) is 2. The van der Waals surface area contributed by atoms with Gasteiger partial charge in [-0.1, -0.05) is 13.8 Å². The highest BCUT2D eigenvalue weighted by atomic mass is 15.2. The van der Waals surface area contributed by atoms with Gasteiger partial charge >= 0.3 is 0 Å². The van der Waals surface area contributed by atoms with E-state index >= 15 is 0 Å². The van der Waals surface area contributed by atoms with Crippen LogP contribution in [0.1, 0.15) is 39.5 Å². The third kappa shape index (κ3) is 3.94. The fraction of sp³-hybridized carbons (Fsp3) is 1.00. The van der Waals surface area contributed by atoms with Crippen LogP contribution in [0.5, 0.6) is 0 Å². The van der Waals surface area contributed by atoms with Gasteiger partial charge in [-0.25, -0.2) is 0 Å². The molecule has 1 aliphatic carbocycles. The minimum absolute atomic E-state index is 0.277. The molecule has 0 aromatic carbocycles. The summed E-state index contributed by atoms with van der Waals surface area (Å²) in [5.41, 5.74) is 6.50. The summed E-state index contributed by atoms with van der Waals surface area (Å²) in [5, 5.41) is 0. The van der Waals surface area contributed by atoms with Gasteiger partial charge in [0, 0.05) is 12.1 Å². The van der Waals surface area contributed by atoms with Crippen LogP contribution in [0.25, 0.3) is 0 Å². The summed E-state index contributed by atoms with van der Waals surface area (Å²) in [7, 11) is 6.68. The molecule has 0 bridgehead atoms. The molecule has 17 heavy (non-hydrogen) atoms. The van der Waals surface area contributed by atoms with E-state index in [9.17, 15) is 0 Å². The number of hydrogen-bond donors (Lipinski definition) is 1. The predicted molar refractivity (Wildman–Crippen MR) is 75.2 cm³/mol. The first-order chi connectivity index (χ1) is 7.81. The number of nitrogens with zero attached hydrogens (tertiary/aromatic N) is 2. The van der Waals surface area contributed by atoms with Crippen LogP contribution in [0.2, 0.25) is 0 Å². The quantitative estimate of drug-likeness (QED) is 0.737. The number of nitrogens with two attached hydrogens (primary N) is 1. The first-order valence-corrected chi connectivity index (χ1v) is 6.87. The lowest BCUT2D eigenvalue weighted by Gasteiger charge is -2.49. The molecule has 0 radical (unpaired) electrons. The average molecular weight is 241 g/mol. The van der Waals surface area contributed by atoms with Crippen LogP contribution in [0.15, 0.2) is 0 Å². The summed E-state index contributed by atoms with van der Waals surface area (Å²) in [4.78, 5) is 4.90. The average Bonchev–Trinajstić information content (AvgIpc) is 2.20. The molecule has 0 aliphatic heterocycles. The van der Waals surface area contributed by atoms with E-state index in [-0.39, 0.29) is 5.41 Å². The van der Waals surface area contributed by atoms with Crippen molar-refractivity contribution in [2.45, 2.75) is 45.1 Å². The van der Waals surface area contributed by atoms with Crippen molar-refractivity contribution in [3.05, 3.63) is 0 Å². The van der Waals surface area contributed by atoms with Gasteiger partial charge in [0.25, 0.3) is 0 Å². The zero-order chi connectivity index (χ0) is 13.1. The zero-order valence-electron chi connectivity index (χ0n) is 12.4. The molecule has 3 heteroatoms. The Bertz CT molecular complexity index is 232. The van der Waals surface area contributed by atoms with Gasteiger partial charge in [-0.05, 0) is 65.3 Å². The minimum atomic E-state index is 0.277. The molecule has 0 heterocycles.